The van der Waals surface area contributed by atoms with Gasteiger partial charge in [0.05, 0.1) is 21.2 Å². The Morgan fingerprint density at radius 3 is 1.09 bits per heavy atom. The predicted octanol–water partition coefficient (Wildman–Crippen LogP) is 15.7. The highest BCUT2D eigenvalue weighted by Gasteiger charge is 2.34. The lowest BCUT2D eigenvalue weighted by molar-refractivity contribution is -0.114. The number of thioether (sulfide) groups is 2. The van der Waals surface area contributed by atoms with E-state index < -0.39 is 0 Å². The molecule has 0 unspecified atom stereocenters. The molecule has 0 spiro atoms. The van der Waals surface area contributed by atoms with Gasteiger partial charge in [0.1, 0.15) is 10.0 Å². The Morgan fingerprint density at radius 1 is 0.394 bits per heavy atom. The first-order valence-electron chi connectivity index (χ1n) is 20.8. The van der Waals surface area contributed by atoms with Gasteiger partial charge >= 0.3 is 0 Å². The molecule has 2 aromatic heterocycles. The normalized spacial score (nSPS) is 15.2. The molecule has 2 aliphatic heterocycles. The summed E-state index contributed by atoms with van der Waals surface area (Å²) in [5.41, 5.74) is 7.48. The number of amides is 2. The van der Waals surface area contributed by atoms with E-state index in [2.05, 4.69) is 94.7 Å². The van der Waals surface area contributed by atoms with Crippen LogP contribution in [-0.2, 0) is 9.59 Å². The summed E-state index contributed by atoms with van der Waals surface area (Å²) in [6.45, 7) is 0. The maximum atomic E-state index is 13.4. The molecule has 0 N–H and O–H groups in total. The lowest BCUT2D eigenvalue weighted by Gasteiger charge is -2.23. The average molecular weight is 965 g/mol. The van der Waals surface area contributed by atoms with Crippen molar-refractivity contribution in [1.29, 1.82) is 0 Å². The molecule has 6 nitrogen and oxygen atoms in total. The van der Waals surface area contributed by atoms with Crippen molar-refractivity contribution in [2.45, 2.75) is 0 Å². The fourth-order valence-corrected chi connectivity index (χ4v) is 12.0. The summed E-state index contributed by atoms with van der Waals surface area (Å²) >= 11 is 17.3. The van der Waals surface area contributed by atoms with Crippen LogP contribution in [0.2, 0.25) is 0 Å². The van der Waals surface area contributed by atoms with E-state index in [1.165, 1.54) is 23.5 Å². The Bertz CT molecular complexity index is 2950. The third-order valence-electron chi connectivity index (χ3n) is 10.6. The van der Waals surface area contributed by atoms with E-state index in [9.17, 15) is 9.59 Å². The molecule has 320 valence electrons. The van der Waals surface area contributed by atoms with Crippen molar-refractivity contribution in [2.24, 2.45) is 0 Å². The molecule has 0 radical (unpaired) electrons. The van der Waals surface area contributed by atoms with E-state index >= 15 is 0 Å². The van der Waals surface area contributed by atoms with Crippen LogP contribution in [0.25, 0.3) is 24.3 Å². The second kappa shape index (κ2) is 19.4. The van der Waals surface area contributed by atoms with Gasteiger partial charge in [0.25, 0.3) is 11.8 Å². The molecule has 6 aromatic carbocycles. The second-order valence-corrected chi connectivity index (χ2v) is 20.5. The van der Waals surface area contributed by atoms with Crippen molar-refractivity contribution in [1.82, 2.24) is 0 Å². The zero-order valence-corrected chi connectivity index (χ0v) is 39.7. The van der Waals surface area contributed by atoms with E-state index in [4.69, 9.17) is 24.4 Å². The number of benzene rings is 6. The fourth-order valence-electron chi connectivity index (χ4n) is 7.51. The van der Waals surface area contributed by atoms with Gasteiger partial charge in [-0.05, 0) is 132 Å². The smallest absolute Gasteiger partial charge is 0.270 e. The number of thiocarbonyl (C=S) groups is 2. The predicted molar refractivity (Wildman–Crippen MR) is 291 cm³/mol. The van der Waals surface area contributed by atoms with E-state index in [0.717, 1.165) is 65.0 Å². The lowest BCUT2D eigenvalue weighted by atomic mass is 10.1. The summed E-state index contributed by atoms with van der Waals surface area (Å²) in [5.74, 6) is -0.225. The molecular formula is C54H36N4O2S6. The summed E-state index contributed by atoms with van der Waals surface area (Å²) in [7, 11) is 0. The highest BCUT2D eigenvalue weighted by molar-refractivity contribution is 8.27. The molecule has 0 aliphatic carbocycles. The Kier molecular flexibility index (Phi) is 12.7. The highest BCUT2D eigenvalue weighted by Crippen LogP contribution is 2.43. The maximum Gasteiger partial charge on any atom is 0.270 e. The Hall–Kier alpha value is -6.64. The van der Waals surface area contributed by atoms with Crippen molar-refractivity contribution >= 4 is 160 Å². The van der Waals surface area contributed by atoms with Crippen molar-refractivity contribution in [2.75, 3.05) is 19.6 Å². The van der Waals surface area contributed by atoms with Gasteiger partial charge < -0.3 is 9.80 Å². The summed E-state index contributed by atoms with van der Waals surface area (Å²) in [6.07, 6.45) is 8.16. The van der Waals surface area contributed by atoms with Crippen LogP contribution < -0.4 is 19.6 Å². The van der Waals surface area contributed by atoms with E-state index in [1.54, 1.807) is 32.5 Å². The van der Waals surface area contributed by atoms with Crippen molar-refractivity contribution in [3.05, 3.63) is 225 Å². The van der Waals surface area contributed by atoms with Gasteiger partial charge in [0, 0.05) is 32.5 Å². The zero-order valence-electron chi connectivity index (χ0n) is 34.8. The number of nitrogens with zero attached hydrogens (tertiary/aromatic N) is 4. The van der Waals surface area contributed by atoms with Crippen LogP contribution in [0.4, 0.5) is 44.1 Å². The molecule has 0 saturated carbocycles. The SMILES string of the molecule is O=C1/C(=C/c2ccc(N(c3ccccc3)c3ccc(/C=C/c4ccc(N(c5ccccc5)c5ccc(/C=C6\SC(=S)N(c7ccccc7)C6=O)cc5)s4)s3)cc2)SC(=S)N1c1ccccc1. The standard InChI is InChI=1S/C54H36N4O2S6/c59-51-47(65-53(61)57(51)41-17-9-3-10-18-41)35-37-21-25-43(26-22-37)55(39-13-5-1-6-14-39)49-33-31-45(63-49)29-30-46-32-34-50(64-46)56(40-15-7-2-8-16-40)44-27-23-38(24-28-44)36-48-52(60)58(54(62)66-48)42-19-11-4-12-20-42/h1-36H/b30-29+,47-35-,48-36-. The first-order valence-corrected chi connectivity index (χ1v) is 24.9. The van der Waals surface area contributed by atoms with Gasteiger partial charge in [0.2, 0.25) is 0 Å². The minimum Gasteiger partial charge on any atom is -0.302 e. The fraction of sp³-hybridized carbons (Fsp3) is 0. The zero-order chi connectivity index (χ0) is 45.0. The number of para-hydroxylation sites is 4. The molecule has 12 heteroatoms. The number of hydrogen-bond donors (Lipinski definition) is 0. The average Bonchev–Trinajstić information content (AvgIpc) is 4.14. The lowest BCUT2D eigenvalue weighted by Crippen LogP contribution is -2.27. The number of rotatable bonds is 12. The van der Waals surface area contributed by atoms with Crippen LogP contribution in [0.3, 0.4) is 0 Å². The molecular weight excluding hydrogens is 929 g/mol. The first-order chi connectivity index (χ1) is 32.4. The minimum atomic E-state index is -0.113. The van der Waals surface area contributed by atoms with Gasteiger partial charge in [-0.15, -0.1) is 22.7 Å². The van der Waals surface area contributed by atoms with Gasteiger partial charge in [-0.2, -0.15) is 0 Å². The first kappa shape index (κ1) is 43.3. The van der Waals surface area contributed by atoms with Crippen molar-refractivity contribution in [3.8, 4) is 0 Å². The van der Waals surface area contributed by atoms with Gasteiger partial charge in [-0.25, -0.2) is 0 Å². The van der Waals surface area contributed by atoms with Crippen molar-refractivity contribution < 1.29 is 9.59 Å². The van der Waals surface area contributed by atoms with E-state index in [-0.39, 0.29) is 11.8 Å². The van der Waals surface area contributed by atoms with Crippen LogP contribution in [0.1, 0.15) is 20.9 Å². The minimum absolute atomic E-state index is 0.113. The molecule has 2 amide bonds. The molecule has 10 rings (SSSR count). The molecule has 8 aromatic rings. The largest absolute Gasteiger partial charge is 0.302 e. The number of hydrogen-bond acceptors (Lipinski definition) is 10. The maximum absolute atomic E-state index is 13.4. The molecule has 0 bridgehead atoms. The topological polar surface area (TPSA) is 47.1 Å². The quantitative estimate of drug-likeness (QED) is 0.0887. The van der Waals surface area contributed by atoms with Crippen LogP contribution >= 0.6 is 70.6 Å². The van der Waals surface area contributed by atoms with Crippen LogP contribution in [0.15, 0.2) is 204 Å². The summed E-state index contributed by atoms with van der Waals surface area (Å²) in [4.78, 5) is 37.9. The molecule has 66 heavy (non-hydrogen) atoms. The number of anilines is 8. The summed E-state index contributed by atoms with van der Waals surface area (Å²) < 4.78 is 1.05. The second-order valence-electron chi connectivity index (χ2n) is 14.9. The third kappa shape index (κ3) is 9.25. The number of carbonyl (C=O) groups is 2. The Labute approximate surface area is 410 Å². The van der Waals surface area contributed by atoms with Gasteiger partial charge in [-0.3, -0.25) is 19.4 Å². The summed E-state index contributed by atoms with van der Waals surface area (Å²) in [6, 6.07) is 64.9. The molecule has 2 saturated heterocycles. The van der Waals surface area contributed by atoms with E-state index in [1.807, 2.05) is 133 Å². The van der Waals surface area contributed by atoms with E-state index in [0.29, 0.717) is 18.5 Å². The van der Waals surface area contributed by atoms with Gasteiger partial charge in [-0.1, -0.05) is 145 Å². The summed E-state index contributed by atoms with van der Waals surface area (Å²) in [5, 5.41) is 2.15. The molecule has 4 heterocycles. The molecule has 2 aliphatic rings. The third-order valence-corrected chi connectivity index (χ3v) is 15.3. The van der Waals surface area contributed by atoms with Crippen molar-refractivity contribution in [3.63, 3.8) is 0 Å². The van der Waals surface area contributed by atoms with Crippen LogP contribution in [0, 0.1) is 0 Å². The highest BCUT2D eigenvalue weighted by atomic mass is 32.2. The monoisotopic (exact) mass is 964 g/mol. The Balaban J connectivity index is 0.864. The number of thiophene rings is 2. The molecule has 0 atom stereocenters. The van der Waals surface area contributed by atoms with Crippen LogP contribution in [-0.4, -0.2) is 20.5 Å². The van der Waals surface area contributed by atoms with Gasteiger partial charge in [0.15, 0.2) is 8.64 Å². The number of carbonyl (C=O) groups excluding carboxylic acids is 2. The van der Waals surface area contributed by atoms with Crippen LogP contribution in [0.5, 0.6) is 0 Å². The molecule has 2 fully saturated rings. The Morgan fingerprint density at radius 2 is 0.727 bits per heavy atom.